The van der Waals surface area contributed by atoms with Crippen molar-refractivity contribution in [1.82, 2.24) is 14.9 Å². The zero-order valence-corrected chi connectivity index (χ0v) is 22.2. The number of anilines is 4. The van der Waals surface area contributed by atoms with Gasteiger partial charge in [-0.15, -0.1) is 0 Å². The molecule has 2 aliphatic rings. The molecule has 1 aromatic carbocycles. The molecular formula is C27H29F4N7O3. The van der Waals surface area contributed by atoms with Crippen LogP contribution in [0.5, 0.6) is 0 Å². The number of piperazine rings is 1. The molecule has 2 aliphatic heterocycles. The molecule has 0 unspecified atom stereocenters. The van der Waals surface area contributed by atoms with Crippen LogP contribution >= 0.6 is 0 Å². The van der Waals surface area contributed by atoms with Crippen molar-refractivity contribution in [2.24, 2.45) is 0 Å². The molecule has 3 amide bonds. The Bertz CT molecular complexity index is 1390. The molecule has 14 heteroatoms. The molecule has 0 bridgehead atoms. The van der Waals surface area contributed by atoms with Crippen molar-refractivity contribution in [1.29, 1.82) is 0 Å². The van der Waals surface area contributed by atoms with E-state index in [1.54, 1.807) is 21.9 Å². The van der Waals surface area contributed by atoms with Gasteiger partial charge in [0.25, 0.3) is 11.9 Å². The molecule has 2 fully saturated rings. The highest BCUT2D eigenvalue weighted by Gasteiger charge is 2.42. The number of oxazole rings is 1. The average molecular weight is 576 g/mol. The number of piperidine rings is 1. The molecule has 4 heterocycles. The number of halogens is 4. The number of aromatic nitrogens is 2. The van der Waals surface area contributed by atoms with Gasteiger partial charge in [0.15, 0.2) is 5.69 Å². The number of carbonyl (C=O) groups is 2. The van der Waals surface area contributed by atoms with Gasteiger partial charge in [0.05, 0.1) is 17.6 Å². The van der Waals surface area contributed by atoms with E-state index in [1.165, 1.54) is 30.5 Å². The molecule has 0 radical (unpaired) electrons. The normalized spacial score (nSPS) is 17.9. The fourth-order valence-corrected chi connectivity index (χ4v) is 4.93. The minimum absolute atomic E-state index is 0.0993. The van der Waals surface area contributed by atoms with Gasteiger partial charge in [0.2, 0.25) is 5.76 Å². The molecule has 2 aromatic heterocycles. The number of nitrogens with one attached hydrogen (secondary N) is 2. The standard InChI is InChI=1S/C27H29F4N7O3/c1-17-16-37(25(40)34-20-8-4-3-7-19(20)28)13-14-38(17)21-10-9-18(15-32-21)33-24(39)22-23(27(29,30)31)35-26(41-22)36-11-5-2-6-12-36/h3-4,7-10,15,17H,2,5-6,11-14,16H2,1H3,(H,33,39)(H,34,40)/t17-/m0/s1. The molecule has 0 aliphatic carbocycles. The van der Waals surface area contributed by atoms with Gasteiger partial charge in [0.1, 0.15) is 11.6 Å². The molecule has 0 spiro atoms. The molecule has 3 aromatic rings. The molecule has 5 rings (SSSR count). The molecule has 2 saturated heterocycles. The fraction of sp³-hybridized carbons (Fsp3) is 0.407. The van der Waals surface area contributed by atoms with Gasteiger partial charge in [-0.1, -0.05) is 12.1 Å². The second-order valence-electron chi connectivity index (χ2n) is 9.98. The minimum Gasteiger partial charge on any atom is -0.417 e. The van der Waals surface area contributed by atoms with Crippen LogP contribution in [0.25, 0.3) is 0 Å². The van der Waals surface area contributed by atoms with Gasteiger partial charge in [-0.05, 0) is 50.5 Å². The van der Waals surface area contributed by atoms with Gasteiger partial charge < -0.3 is 29.8 Å². The summed E-state index contributed by atoms with van der Waals surface area (Å²) < 4.78 is 60.1. The van der Waals surface area contributed by atoms with Crippen molar-refractivity contribution in [2.45, 2.75) is 38.4 Å². The number of pyridine rings is 1. The van der Waals surface area contributed by atoms with Crippen LogP contribution in [0.1, 0.15) is 42.4 Å². The summed E-state index contributed by atoms with van der Waals surface area (Å²) in [4.78, 5) is 38.5. The third kappa shape index (κ3) is 6.36. The summed E-state index contributed by atoms with van der Waals surface area (Å²) in [5, 5.41) is 4.99. The molecular weight excluding hydrogens is 546 g/mol. The van der Waals surface area contributed by atoms with E-state index in [1.807, 2.05) is 11.8 Å². The Kier molecular flexibility index (Phi) is 7.99. The van der Waals surface area contributed by atoms with E-state index >= 15 is 0 Å². The number of amides is 3. The number of rotatable bonds is 5. The van der Waals surface area contributed by atoms with E-state index in [0.717, 1.165) is 19.3 Å². The summed E-state index contributed by atoms with van der Waals surface area (Å²) in [6.45, 7) is 4.07. The van der Waals surface area contributed by atoms with Crippen LogP contribution < -0.4 is 20.4 Å². The van der Waals surface area contributed by atoms with Crippen molar-refractivity contribution < 1.29 is 31.6 Å². The highest BCUT2D eigenvalue weighted by Crippen LogP contribution is 2.35. The lowest BCUT2D eigenvalue weighted by Crippen LogP contribution is -2.55. The van der Waals surface area contributed by atoms with Crippen LogP contribution in [0.4, 0.5) is 45.6 Å². The van der Waals surface area contributed by atoms with Crippen LogP contribution in [0.3, 0.4) is 0 Å². The lowest BCUT2D eigenvalue weighted by Gasteiger charge is -2.40. The van der Waals surface area contributed by atoms with Crippen LogP contribution in [-0.2, 0) is 6.18 Å². The molecule has 2 N–H and O–H groups in total. The number of nitrogens with zero attached hydrogens (tertiary/aromatic N) is 5. The maximum absolute atomic E-state index is 13.9. The Morgan fingerprint density at radius 3 is 2.41 bits per heavy atom. The van der Waals surface area contributed by atoms with Gasteiger partial charge in [0, 0.05) is 38.8 Å². The van der Waals surface area contributed by atoms with Crippen LogP contribution in [0.2, 0.25) is 0 Å². The summed E-state index contributed by atoms with van der Waals surface area (Å²) in [6.07, 6.45) is -0.947. The summed E-state index contributed by atoms with van der Waals surface area (Å²) >= 11 is 0. The number of alkyl halides is 3. The third-order valence-corrected chi connectivity index (χ3v) is 7.05. The molecule has 0 saturated carbocycles. The summed E-state index contributed by atoms with van der Waals surface area (Å²) in [7, 11) is 0. The number of hydrogen-bond donors (Lipinski definition) is 2. The Balaban J connectivity index is 1.22. The highest BCUT2D eigenvalue weighted by molar-refractivity contribution is 6.03. The maximum Gasteiger partial charge on any atom is 0.437 e. The Labute approximate surface area is 233 Å². The topological polar surface area (TPSA) is 107 Å². The average Bonchev–Trinajstić information content (AvgIpc) is 3.42. The SMILES string of the molecule is C[C@H]1CN(C(=O)Nc2ccccc2F)CCN1c1ccc(NC(=O)c2oc(N3CCCCC3)nc2C(F)(F)F)cn1. The van der Waals surface area contributed by atoms with Crippen LogP contribution in [0.15, 0.2) is 47.0 Å². The van der Waals surface area contributed by atoms with E-state index in [4.69, 9.17) is 4.42 Å². The summed E-state index contributed by atoms with van der Waals surface area (Å²) in [6, 6.07) is 8.30. The molecule has 41 heavy (non-hydrogen) atoms. The second-order valence-corrected chi connectivity index (χ2v) is 9.98. The first-order chi connectivity index (χ1) is 19.6. The molecule has 10 nitrogen and oxygen atoms in total. The van der Waals surface area contributed by atoms with Crippen molar-refractivity contribution in [3.8, 4) is 0 Å². The van der Waals surface area contributed by atoms with E-state index < -0.39 is 35.4 Å². The second kappa shape index (κ2) is 11.6. The number of benzene rings is 1. The Morgan fingerprint density at radius 2 is 1.76 bits per heavy atom. The largest absolute Gasteiger partial charge is 0.437 e. The van der Waals surface area contributed by atoms with Crippen molar-refractivity contribution in [2.75, 3.05) is 53.2 Å². The van der Waals surface area contributed by atoms with Gasteiger partial charge >= 0.3 is 12.2 Å². The van der Waals surface area contributed by atoms with Gasteiger partial charge in [-0.2, -0.15) is 18.2 Å². The van der Waals surface area contributed by atoms with Crippen LogP contribution in [-0.4, -0.2) is 65.6 Å². The lowest BCUT2D eigenvalue weighted by molar-refractivity contribution is -0.141. The highest BCUT2D eigenvalue weighted by atomic mass is 19.4. The maximum atomic E-state index is 13.9. The van der Waals surface area contributed by atoms with E-state index in [2.05, 4.69) is 20.6 Å². The smallest absolute Gasteiger partial charge is 0.417 e. The van der Waals surface area contributed by atoms with Crippen molar-refractivity contribution in [3.63, 3.8) is 0 Å². The van der Waals surface area contributed by atoms with Gasteiger partial charge in [-0.3, -0.25) is 4.79 Å². The predicted octanol–water partition coefficient (Wildman–Crippen LogP) is 5.21. The first kappa shape index (κ1) is 28.2. The van der Waals surface area contributed by atoms with Gasteiger partial charge in [-0.25, -0.2) is 14.2 Å². The monoisotopic (exact) mass is 575 g/mol. The first-order valence-electron chi connectivity index (χ1n) is 13.3. The number of urea groups is 1. The fourth-order valence-electron chi connectivity index (χ4n) is 4.93. The van der Waals surface area contributed by atoms with Crippen molar-refractivity contribution >= 4 is 35.1 Å². The molecule has 1 atom stereocenters. The lowest BCUT2D eigenvalue weighted by atomic mass is 10.1. The Morgan fingerprint density at radius 1 is 1.00 bits per heavy atom. The number of carbonyl (C=O) groups excluding carboxylic acids is 2. The predicted molar refractivity (Wildman–Crippen MR) is 144 cm³/mol. The summed E-state index contributed by atoms with van der Waals surface area (Å²) in [5.74, 6) is -1.94. The zero-order valence-electron chi connectivity index (χ0n) is 22.2. The third-order valence-electron chi connectivity index (χ3n) is 7.05. The Hall–Kier alpha value is -4.36. The van der Waals surface area contributed by atoms with E-state index in [9.17, 15) is 27.2 Å². The number of hydrogen-bond acceptors (Lipinski definition) is 7. The van der Waals surface area contributed by atoms with Crippen molar-refractivity contribution in [3.05, 3.63) is 59.9 Å². The minimum atomic E-state index is -4.86. The van der Waals surface area contributed by atoms with E-state index in [0.29, 0.717) is 38.5 Å². The number of para-hydroxylation sites is 1. The summed E-state index contributed by atoms with van der Waals surface area (Å²) in [5.41, 5.74) is -1.09. The first-order valence-corrected chi connectivity index (χ1v) is 13.3. The van der Waals surface area contributed by atoms with Crippen LogP contribution in [0, 0.1) is 5.82 Å². The molecule has 218 valence electrons. The quantitative estimate of drug-likeness (QED) is 0.402. The zero-order chi connectivity index (χ0) is 29.1. The van der Waals surface area contributed by atoms with E-state index in [-0.39, 0.29) is 23.4 Å².